The molecule has 0 aliphatic carbocycles. The minimum atomic E-state index is -4.51. The number of nitrogens with zero attached hydrogens (tertiary/aromatic N) is 2. The third-order valence-corrected chi connectivity index (χ3v) is 2.24. The van der Waals surface area contributed by atoms with Crippen LogP contribution in [0.2, 0.25) is 5.28 Å². The van der Waals surface area contributed by atoms with Crippen molar-refractivity contribution in [3.63, 3.8) is 0 Å². The quantitative estimate of drug-likeness (QED) is 0.618. The molecule has 1 heterocycles. The molecule has 0 spiro atoms. The van der Waals surface area contributed by atoms with E-state index in [0.29, 0.717) is 0 Å². The Kier molecular flexibility index (Phi) is 3.57. The number of hydrogen-bond donors (Lipinski definition) is 0. The Morgan fingerprint density at radius 3 is 2.63 bits per heavy atom. The van der Waals surface area contributed by atoms with E-state index in [2.05, 4.69) is 9.97 Å². The molecule has 0 saturated carbocycles. The summed E-state index contributed by atoms with van der Waals surface area (Å²) in [4.78, 5) is 6.79. The molecule has 0 radical (unpaired) electrons. The van der Waals surface area contributed by atoms with Crippen LogP contribution in [0, 0.1) is 5.82 Å². The van der Waals surface area contributed by atoms with Gasteiger partial charge in [-0.25, -0.2) is 4.98 Å². The van der Waals surface area contributed by atoms with Crippen molar-refractivity contribution in [3.8, 4) is 11.6 Å². The Morgan fingerprint density at radius 2 is 1.95 bits per heavy atom. The van der Waals surface area contributed by atoms with Gasteiger partial charge in [-0.3, -0.25) is 0 Å². The fourth-order valence-corrected chi connectivity index (χ4v) is 1.38. The highest BCUT2D eigenvalue weighted by Crippen LogP contribution is 2.32. The Bertz CT molecular complexity index is 603. The van der Waals surface area contributed by atoms with Crippen LogP contribution in [0.4, 0.5) is 17.6 Å². The molecule has 1 aromatic carbocycles. The Morgan fingerprint density at radius 1 is 1.21 bits per heavy atom. The molecule has 8 heteroatoms. The minimum Gasteiger partial charge on any atom is -0.436 e. The molecule has 100 valence electrons. The van der Waals surface area contributed by atoms with Crippen LogP contribution in [0.25, 0.3) is 0 Å². The molecular formula is C11H5ClF4N2O. The fraction of sp³-hybridized carbons (Fsp3) is 0.0909. The van der Waals surface area contributed by atoms with E-state index in [-0.39, 0.29) is 11.0 Å². The average Bonchev–Trinajstić information content (AvgIpc) is 2.33. The van der Waals surface area contributed by atoms with Crippen LogP contribution in [0.15, 0.2) is 30.5 Å². The number of aromatic nitrogens is 2. The third kappa shape index (κ3) is 3.31. The Labute approximate surface area is 109 Å². The lowest BCUT2D eigenvalue weighted by atomic mass is 10.2. The van der Waals surface area contributed by atoms with Gasteiger partial charge in [0.25, 0.3) is 5.88 Å². The molecule has 0 fully saturated rings. The van der Waals surface area contributed by atoms with Crippen LogP contribution in [0.1, 0.15) is 5.56 Å². The van der Waals surface area contributed by atoms with Gasteiger partial charge in [-0.2, -0.15) is 22.5 Å². The van der Waals surface area contributed by atoms with E-state index < -0.39 is 23.4 Å². The SMILES string of the molecule is Fc1cnc(Cl)nc1Oc1cccc(C(F)(F)F)c1. The van der Waals surface area contributed by atoms with Crippen LogP contribution in [-0.4, -0.2) is 9.97 Å². The smallest absolute Gasteiger partial charge is 0.416 e. The summed E-state index contributed by atoms with van der Waals surface area (Å²) < 4.78 is 55.6. The normalized spacial score (nSPS) is 11.4. The molecule has 0 aliphatic heterocycles. The Balaban J connectivity index is 2.31. The van der Waals surface area contributed by atoms with Gasteiger partial charge in [0.1, 0.15) is 5.75 Å². The lowest BCUT2D eigenvalue weighted by molar-refractivity contribution is -0.137. The molecule has 0 unspecified atom stereocenters. The van der Waals surface area contributed by atoms with Gasteiger partial charge in [0, 0.05) is 0 Å². The van der Waals surface area contributed by atoms with Gasteiger partial charge in [-0.15, -0.1) is 0 Å². The van der Waals surface area contributed by atoms with Crippen molar-refractivity contribution >= 4 is 11.6 Å². The van der Waals surface area contributed by atoms with Crippen molar-refractivity contribution in [1.82, 2.24) is 9.97 Å². The summed E-state index contributed by atoms with van der Waals surface area (Å²) in [5.74, 6) is -1.68. The summed E-state index contributed by atoms with van der Waals surface area (Å²) in [5.41, 5.74) is -0.912. The first-order valence-corrected chi connectivity index (χ1v) is 5.27. The maximum absolute atomic E-state index is 13.3. The van der Waals surface area contributed by atoms with Crippen molar-refractivity contribution in [2.45, 2.75) is 6.18 Å². The summed E-state index contributed by atoms with van der Waals surface area (Å²) in [6, 6.07) is 3.98. The second-order valence-corrected chi connectivity index (χ2v) is 3.76. The number of ether oxygens (including phenoxy) is 1. The summed E-state index contributed by atoms with van der Waals surface area (Å²) in [6.07, 6.45) is -3.75. The van der Waals surface area contributed by atoms with E-state index in [4.69, 9.17) is 16.3 Å². The zero-order chi connectivity index (χ0) is 14.0. The molecule has 3 nitrogen and oxygen atoms in total. The van der Waals surface area contributed by atoms with E-state index in [9.17, 15) is 17.6 Å². The molecule has 0 atom stereocenters. The average molecular weight is 293 g/mol. The van der Waals surface area contributed by atoms with Crippen molar-refractivity contribution in [2.24, 2.45) is 0 Å². The molecule has 2 aromatic rings. The number of alkyl halides is 3. The van der Waals surface area contributed by atoms with Crippen molar-refractivity contribution in [2.75, 3.05) is 0 Å². The molecule has 0 amide bonds. The minimum absolute atomic E-state index is 0.205. The van der Waals surface area contributed by atoms with Crippen LogP contribution in [0.3, 0.4) is 0 Å². The highest BCUT2D eigenvalue weighted by atomic mass is 35.5. The zero-order valence-electron chi connectivity index (χ0n) is 9.08. The summed E-state index contributed by atoms with van der Waals surface area (Å²) in [7, 11) is 0. The predicted octanol–water partition coefficient (Wildman–Crippen LogP) is 4.08. The number of halogens is 5. The van der Waals surface area contributed by atoms with Crippen LogP contribution < -0.4 is 4.74 Å². The molecule has 0 aliphatic rings. The highest BCUT2D eigenvalue weighted by molar-refractivity contribution is 6.28. The van der Waals surface area contributed by atoms with E-state index in [0.717, 1.165) is 24.4 Å². The van der Waals surface area contributed by atoms with Crippen LogP contribution in [-0.2, 0) is 6.18 Å². The second kappa shape index (κ2) is 5.00. The molecule has 0 bridgehead atoms. The van der Waals surface area contributed by atoms with Gasteiger partial charge in [0.05, 0.1) is 11.8 Å². The first-order chi connectivity index (χ1) is 8.86. The molecule has 19 heavy (non-hydrogen) atoms. The van der Waals surface area contributed by atoms with Gasteiger partial charge in [0.2, 0.25) is 11.1 Å². The second-order valence-electron chi connectivity index (χ2n) is 3.42. The standard InChI is InChI=1S/C11H5ClF4N2O/c12-10-17-5-8(13)9(18-10)19-7-3-1-2-6(4-7)11(14,15)16/h1-5H. The largest absolute Gasteiger partial charge is 0.436 e. The number of hydrogen-bond acceptors (Lipinski definition) is 3. The van der Waals surface area contributed by atoms with Crippen molar-refractivity contribution in [1.29, 1.82) is 0 Å². The summed E-state index contributed by atoms with van der Waals surface area (Å²) >= 11 is 5.44. The van der Waals surface area contributed by atoms with Crippen molar-refractivity contribution < 1.29 is 22.3 Å². The van der Waals surface area contributed by atoms with Gasteiger partial charge in [-0.05, 0) is 29.8 Å². The van der Waals surface area contributed by atoms with Gasteiger partial charge >= 0.3 is 6.18 Å². The maximum Gasteiger partial charge on any atom is 0.416 e. The number of rotatable bonds is 2. The highest BCUT2D eigenvalue weighted by Gasteiger charge is 2.30. The zero-order valence-corrected chi connectivity index (χ0v) is 9.84. The van der Waals surface area contributed by atoms with Gasteiger partial charge in [-0.1, -0.05) is 6.07 Å². The lowest BCUT2D eigenvalue weighted by Gasteiger charge is -2.09. The number of benzene rings is 1. The summed E-state index contributed by atoms with van der Waals surface area (Å²) in [5, 5.41) is -0.275. The van der Waals surface area contributed by atoms with E-state index >= 15 is 0 Å². The fourth-order valence-electron chi connectivity index (χ4n) is 1.25. The van der Waals surface area contributed by atoms with Gasteiger partial charge in [0.15, 0.2) is 0 Å². The van der Waals surface area contributed by atoms with E-state index in [1.165, 1.54) is 6.07 Å². The molecule has 1 aromatic heterocycles. The van der Waals surface area contributed by atoms with Crippen LogP contribution in [0.5, 0.6) is 11.6 Å². The van der Waals surface area contributed by atoms with E-state index in [1.54, 1.807) is 0 Å². The predicted molar refractivity (Wildman–Crippen MR) is 58.5 cm³/mol. The maximum atomic E-state index is 13.3. The monoisotopic (exact) mass is 292 g/mol. The van der Waals surface area contributed by atoms with Crippen LogP contribution >= 0.6 is 11.6 Å². The molecular weight excluding hydrogens is 288 g/mol. The molecule has 0 N–H and O–H groups in total. The molecule has 2 rings (SSSR count). The van der Waals surface area contributed by atoms with Gasteiger partial charge < -0.3 is 4.74 Å². The topological polar surface area (TPSA) is 35.0 Å². The Hall–Kier alpha value is -1.89. The third-order valence-electron chi connectivity index (χ3n) is 2.06. The van der Waals surface area contributed by atoms with Crippen molar-refractivity contribution in [3.05, 3.63) is 47.1 Å². The first-order valence-electron chi connectivity index (χ1n) is 4.89. The van der Waals surface area contributed by atoms with E-state index in [1.807, 2.05) is 0 Å². The summed E-state index contributed by atoms with van der Waals surface area (Å²) in [6.45, 7) is 0. The first kappa shape index (κ1) is 13.5. The molecule has 0 saturated heterocycles. The lowest BCUT2D eigenvalue weighted by Crippen LogP contribution is -2.04.